The van der Waals surface area contributed by atoms with Gasteiger partial charge in [-0.05, 0) is 63.5 Å². The number of para-hydroxylation sites is 2. The first-order chi connectivity index (χ1) is 17.1. The lowest BCUT2D eigenvalue weighted by Crippen LogP contribution is -2.54. The fraction of sp³-hybridized carbons (Fsp3) is 0.375. The Balaban J connectivity index is 1.99. The van der Waals surface area contributed by atoms with E-state index >= 15 is 0 Å². The Labute approximate surface area is 219 Å². The first-order valence-corrected chi connectivity index (χ1v) is 13.5. The second-order valence-electron chi connectivity index (χ2n) is 11.3. The van der Waals surface area contributed by atoms with E-state index in [1.807, 2.05) is 12.1 Å². The number of nitrogen functional groups attached to an aromatic ring is 1. The quantitative estimate of drug-likeness (QED) is 0.276. The van der Waals surface area contributed by atoms with Crippen LogP contribution in [0.1, 0.15) is 101 Å². The van der Waals surface area contributed by atoms with Gasteiger partial charge in [0.05, 0.1) is 0 Å². The molecule has 0 aliphatic carbocycles. The van der Waals surface area contributed by atoms with Crippen LogP contribution in [0.5, 0.6) is 0 Å². The second kappa shape index (κ2) is 10.5. The molecule has 4 rings (SSSR count). The van der Waals surface area contributed by atoms with Crippen LogP contribution in [-0.4, -0.2) is 6.98 Å². The normalized spacial score (nSPS) is 13.8. The molecular weight excluding hydrogens is 437 g/mol. The van der Waals surface area contributed by atoms with Crippen LogP contribution in [0.4, 0.5) is 17.1 Å². The van der Waals surface area contributed by atoms with E-state index in [-0.39, 0.29) is 6.98 Å². The van der Waals surface area contributed by atoms with E-state index in [1.54, 1.807) is 0 Å². The first kappa shape index (κ1) is 25.9. The van der Waals surface area contributed by atoms with E-state index in [0.717, 1.165) is 5.69 Å². The zero-order valence-electron chi connectivity index (χ0n) is 23.3. The minimum Gasteiger partial charge on any atom is -0.399 e. The van der Waals surface area contributed by atoms with Crippen LogP contribution in [0.2, 0.25) is 0 Å². The summed E-state index contributed by atoms with van der Waals surface area (Å²) in [6, 6.07) is 22.0. The Morgan fingerprint density at radius 3 is 1.17 bits per heavy atom. The van der Waals surface area contributed by atoms with Gasteiger partial charge in [-0.2, -0.15) is 0 Å². The molecule has 0 radical (unpaired) electrons. The molecule has 0 fully saturated rings. The van der Waals surface area contributed by atoms with Crippen molar-refractivity contribution in [2.75, 3.05) is 15.4 Å². The van der Waals surface area contributed by atoms with E-state index in [9.17, 15) is 0 Å². The fourth-order valence-electron chi connectivity index (χ4n) is 5.44. The molecule has 0 aromatic heterocycles. The van der Waals surface area contributed by atoms with Gasteiger partial charge in [0.1, 0.15) is 0 Å². The molecule has 0 saturated carbocycles. The molecule has 0 spiro atoms. The molecule has 2 N–H and O–H groups in total. The zero-order valence-corrected chi connectivity index (χ0v) is 23.3. The lowest BCUT2D eigenvalue weighted by Gasteiger charge is -2.36. The molecule has 188 valence electrons. The van der Waals surface area contributed by atoms with Crippen molar-refractivity contribution in [2.45, 2.75) is 79.1 Å². The highest BCUT2D eigenvalue weighted by Crippen LogP contribution is 2.42. The van der Waals surface area contributed by atoms with Crippen LogP contribution in [0, 0.1) is 0 Å². The second-order valence-corrected chi connectivity index (χ2v) is 11.3. The van der Waals surface area contributed by atoms with Crippen molar-refractivity contribution in [3.8, 4) is 0 Å². The molecule has 0 unspecified atom stereocenters. The van der Waals surface area contributed by atoms with Gasteiger partial charge in [-0.15, -0.1) is 0 Å². The summed E-state index contributed by atoms with van der Waals surface area (Å²) in [7, 11) is 0. The van der Waals surface area contributed by atoms with Crippen molar-refractivity contribution in [2.24, 2.45) is 0 Å². The van der Waals surface area contributed by atoms with Crippen LogP contribution >= 0.6 is 0 Å². The molecule has 1 heterocycles. The van der Waals surface area contributed by atoms with Crippen LogP contribution < -0.4 is 20.8 Å². The number of benzene rings is 3. The van der Waals surface area contributed by atoms with E-state index in [2.05, 4.69) is 126 Å². The van der Waals surface area contributed by atoms with Gasteiger partial charge >= 0.3 is 6.98 Å². The number of hydrogen-bond acceptors (Lipinski definition) is 3. The van der Waals surface area contributed by atoms with Crippen molar-refractivity contribution < 1.29 is 0 Å². The standard InChI is InChI=1S/C32H42BN3/c1-21(2)27-11-9-12-28(22(3)4)31(27)35-19-20-36(33(35)25-15-17-26(34)18-16-25)32-29(23(5)6)13-10-14-30(32)24(7)8/h9-24H,34H2,1-8H3. The minimum atomic E-state index is 0.000370. The van der Waals surface area contributed by atoms with Gasteiger partial charge < -0.3 is 15.4 Å². The number of anilines is 3. The summed E-state index contributed by atoms with van der Waals surface area (Å²) >= 11 is 0. The average Bonchev–Trinajstić information content (AvgIpc) is 3.27. The van der Waals surface area contributed by atoms with Gasteiger partial charge in [0, 0.05) is 29.5 Å². The van der Waals surface area contributed by atoms with Gasteiger partial charge in [-0.1, -0.05) is 104 Å². The summed E-state index contributed by atoms with van der Waals surface area (Å²) in [5.41, 5.74) is 16.3. The van der Waals surface area contributed by atoms with Crippen LogP contribution in [-0.2, 0) is 0 Å². The smallest absolute Gasteiger partial charge is 0.399 e. The molecule has 4 heteroatoms. The van der Waals surface area contributed by atoms with Crippen LogP contribution in [0.15, 0.2) is 73.1 Å². The summed E-state index contributed by atoms with van der Waals surface area (Å²) in [6.45, 7) is 18.4. The maximum absolute atomic E-state index is 6.13. The number of nitrogens with zero attached hydrogens (tertiary/aromatic N) is 2. The highest BCUT2D eigenvalue weighted by atomic mass is 15.3. The molecule has 3 aromatic carbocycles. The third-order valence-corrected chi connectivity index (χ3v) is 7.35. The topological polar surface area (TPSA) is 32.5 Å². The lowest BCUT2D eigenvalue weighted by atomic mass is 9.63. The third-order valence-electron chi connectivity index (χ3n) is 7.35. The van der Waals surface area contributed by atoms with Crippen molar-refractivity contribution in [3.63, 3.8) is 0 Å². The predicted octanol–water partition coefficient (Wildman–Crippen LogP) is 7.96. The highest BCUT2D eigenvalue weighted by Gasteiger charge is 2.40. The number of nitrogens with two attached hydrogens (primary N) is 1. The van der Waals surface area contributed by atoms with Gasteiger partial charge in [-0.3, -0.25) is 0 Å². The number of rotatable bonds is 7. The monoisotopic (exact) mass is 479 g/mol. The molecule has 3 aromatic rings. The van der Waals surface area contributed by atoms with E-state index in [0.29, 0.717) is 23.7 Å². The highest BCUT2D eigenvalue weighted by molar-refractivity contribution is 6.81. The number of hydrogen-bond donors (Lipinski definition) is 1. The van der Waals surface area contributed by atoms with Crippen molar-refractivity contribution in [1.82, 2.24) is 0 Å². The summed E-state index contributed by atoms with van der Waals surface area (Å²) in [6.07, 6.45) is 4.57. The first-order valence-electron chi connectivity index (χ1n) is 13.5. The van der Waals surface area contributed by atoms with Crippen molar-refractivity contribution in [3.05, 3.63) is 95.3 Å². The SMILES string of the molecule is CC(C)c1cccc(C(C)C)c1N1C=CN(c2c(C(C)C)cccc2C(C)C)B1c1ccc(N)cc1. The van der Waals surface area contributed by atoms with Gasteiger partial charge in [-0.25, -0.2) is 0 Å². The molecule has 1 aliphatic rings. The molecule has 0 saturated heterocycles. The Bertz CT molecular complexity index is 1100. The van der Waals surface area contributed by atoms with Crippen LogP contribution in [0.3, 0.4) is 0 Å². The largest absolute Gasteiger partial charge is 0.419 e. The van der Waals surface area contributed by atoms with Crippen molar-refractivity contribution >= 4 is 29.5 Å². The molecule has 3 nitrogen and oxygen atoms in total. The summed E-state index contributed by atoms with van der Waals surface area (Å²) in [5, 5.41) is 0. The zero-order chi connectivity index (χ0) is 26.1. The average molecular weight is 480 g/mol. The van der Waals surface area contributed by atoms with E-state index < -0.39 is 0 Å². The van der Waals surface area contributed by atoms with Crippen molar-refractivity contribution in [1.29, 1.82) is 0 Å². The maximum Gasteiger partial charge on any atom is 0.419 e. The Morgan fingerprint density at radius 2 is 0.861 bits per heavy atom. The van der Waals surface area contributed by atoms with Gasteiger partial charge in [0.2, 0.25) is 0 Å². The van der Waals surface area contributed by atoms with Crippen LogP contribution in [0.25, 0.3) is 0 Å². The predicted molar refractivity (Wildman–Crippen MR) is 160 cm³/mol. The lowest BCUT2D eigenvalue weighted by molar-refractivity contribution is 0.832. The molecular formula is C32H42BN3. The summed E-state index contributed by atoms with van der Waals surface area (Å²) < 4.78 is 0. The van der Waals surface area contributed by atoms with Gasteiger partial charge in [0.15, 0.2) is 0 Å². The minimum absolute atomic E-state index is 0.000370. The molecule has 1 aliphatic heterocycles. The van der Waals surface area contributed by atoms with E-state index in [1.165, 1.54) is 39.1 Å². The Kier molecular flexibility index (Phi) is 7.54. The Morgan fingerprint density at radius 1 is 0.528 bits per heavy atom. The maximum atomic E-state index is 6.13. The summed E-state index contributed by atoms with van der Waals surface area (Å²) in [4.78, 5) is 4.99. The van der Waals surface area contributed by atoms with Gasteiger partial charge in [0.25, 0.3) is 0 Å². The molecule has 0 amide bonds. The fourth-order valence-corrected chi connectivity index (χ4v) is 5.44. The van der Waals surface area contributed by atoms with E-state index in [4.69, 9.17) is 5.73 Å². The molecule has 36 heavy (non-hydrogen) atoms. The third kappa shape index (κ3) is 4.78. The molecule has 0 bridgehead atoms. The Hall–Kier alpha value is -3.14. The summed E-state index contributed by atoms with van der Waals surface area (Å²) in [5.74, 6) is 1.68. The molecule has 0 atom stereocenters.